The number of aliphatic hydroxyl groups is 1. The fraction of sp³-hybridized carbons (Fsp3) is 0.269. The molecule has 1 atom stereocenters. The third-order valence-electron chi connectivity index (χ3n) is 5.53. The van der Waals surface area contributed by atoms with Crippen molar-refractivity contribution in [3.63, 3.8) is 0 Å². The molecule has 1 unspecified atom stereocenters. The molecule has 0 bridgehead atoms. The van der Waals surface area contributed by atoms with Crippen molar-refractivity contribution in [2.24, 2.45) is 0 Å². The van der Waals surface area contributed by atoms with Crippen molar-refractivity contribution in [3.8, 4) is 0 Å². The molecule has 0 aliphatic rings. The molecule has 0 amide bonds. The van der Waals surface area contributed by atoms with Gasteiger partial charge in [0, 0.05) is 23.6 Å². The van der Waals surface area contributed by atoms with Crippen LogP contribution in [-0.4, -0.2) is 10.1 Å². The standard InChI is InChI=1S/C26H27NO/c1-25(2,3)22-12-11-19-10-9-18(13-21(19)15-22)16-26(4,28)23-14-20-7-5-6-8-24(20)27-17-23/h5-15,17,28H,16H2,1-4H3. The first-order valence-corrected chi connectivity index (χ1v) is 9.83. The summed E-state index contributed by atoms with van der Waals surface area (Å²) in [5.74, 6) is 0. The predicted octanol–water partition coefficient (Wildman–Crippen LogP) is 6.14. The molecule has 1 heterocycles. The average Bonchev–Trinajstić information content (AvgIpc) is 2.66. The van der Waals surface area contributed by atoms with Crippen molar-refractivity contribution in [2.75, 3.05) is 0 Å². The second-order valence-electron chi connectivity index (χ2n) is 9.01. The molecule has 4 aromatic rings. The van der Waals surface area contributed by atoms with E-state index in [4.69, 9.17) is 0 Å². The van der Waals surface area contributed by atoms with Crippen molar-refractivity contribution < 1.29 is 5.11 Å². The van der Waals surface area contributed by atoms with E-state index in [0.29, 0.717) is 6.42 Å². The second kappa shape index (κ2) is 6.72. The van der Waals surface area contributed by atoms with Crippen LogP contribution in [-0.2, 0) is 17.4 Å². The highest BCUT2D eigenvalue weighted by Gasteiger charge is 2.24. The van der Waals surface area contributed by atoms with Gasteiger partial charge in [-0.3, -0.25) is 4.98 Å². The first-order valence-electron chi connectivity index (χ1n) is 9.83. The number of hydrogen-bond donors (Lipinski definition) is 1. The van der Waals surface area contributed by atoms with Crippen LogP contribution in [0.4, 0.5) is 0 Å². The van der Waals surface area contributed by atoms with Gasteiger partial charge >= 0.3 is 0 Å². The summed E-state index contributed by atoms with van der Waals surface area (Å²) in [6.45, 7) is 8.56. The number of fused-ring (bicyclic) bond motifs is 2. The fourth-order valence-electron chi connectivity index (χ4n) is 3.74. The number of pyridine rings is 1. The summed E-state index contributed by atoms with van der Waals surface area (Å²) < 4.78 is 0. The zero-order chi connectivity index (χ0) is 19.9. The summed E-state index contributed by atoms with van der Waals surface area (Å²) >= 11 is 0. The molecule has 2 nitrogen and oxygen atoms in total. The maximum atomic E-state index is 11.2. The van der Waals surface area contributed by atoms with Crippen LogP contribution in [0, 0.1) is 0 Å². The Balaban J connectivity index is 1.68. The third kappa shape index (κ3) is 3.65. The normalized spacial score (nSPS) is 14.3. The molecule has 0 aliphatic heterocycles. The minimum absolute atomic E-state index is 0.118. The van der Waals surface area contributed by atoms with Crippen molar-refractivity contribution >= 4 is 21.7 Å². The van der Waals surface area contributed by atoms with Crippen molar-refractivity contribution in [1.29, 1.82) is 0 Å². The molecule has 1 aromatic heterocycles. The number of rotatable bonds is 3. The molecule has 0 saturated heterocycles. The van der Waals surface area contributed by atoms with Crippen LogP contribution < -0.4 is 0 Å². The lowest BCUT2D eigenvalue weighted by atomic mass is 9.85. The van der Waals surface area contributed by atoms with Gasteiger partial charge < -0.3 is 5.11 Å². The number of benzene rings is 3. The van der Waals surface area contributed by atoms with Gasteiger partial charge in [0.25, 0.3) is 0 Å². The second-order valence-corrected chi connectivity index (χ2v) is 9.01. The Labute approximate surface area is 166 Å². The highest BCUT2D eigenvalue weighted by molar-refractivity contribution is 5.84. The van der Waals surface area contributed by atoms with E-state index in [0.717, 1.165) is 22.0 Å². The summed E-state index contributed by atoms with van der Waals surface area (Å²) in [4.78, 5) is 4.52. The van der Waals surface area contributed by atoms with Crippen LogP contribution >= 0.6 is 0 Å². The summed E-state index contributed by atoms with van der Waals surface area (Å²) in [7, 11) is 0. The largest absolute Gasteiger partial charge is 0.385 e. The predicted molar refractivity (Wildman–Crippen MR) is 118 cm³/mol. The molecule has 2 heteroatoms. The molecule has 3 aromatic carbocycles. The molecule has 1 N–H and O–H groups in total. The van der Waals surface area contributed by atoms with Gasteiger partial charge in [-0.1, -0.05) is 75.4 Å². The van der Waals surface area contributed by atoms with Crippen LogP contribution in [0.2, 0.25) is 0 Å². The Bertz CT molecular complexity index is 1150. The molecule has 0 radical (unpaired) electrons. The van der Waals surface area contributed by atoms with Gasteiger partial charge in [0.05, 0.1) is 11.1 Å². The lowest BCUT2D eigenvalue weighted by Crippen LogP contribution is -2.24. The van der Waals surface area contributed by atoms with Crippen LogP contribution in [0.25, 0.3) is 21.7 Å². The maximum absolute atomic E-state index is 11.2. The first kappa shape index (κ1) is 18.6. The van der Waals surface area contributed by atoms with Crippen molar-refractivity contribution in [2.45, 2.75) is 45.1 Å². The Kier molecular flexibility index (Phi) is 4.47. The molecular formula is C26H27NO. The Morgan fingerprint density at radius 3 is 2.25 bits per heavy atom. The van der Waals surface area contributed by atoms with Gasteiger partial charge in [-0.2, -0.15) is 0 Å². The lowest BCUT2D eigenvalue weighted by molar-refractivity contribution is 0.0575. The zero-order valence-corrected chi connectivity index (χ0v) is 17.0. The molecule has 0 saturated carbocycles. The van der Waals surface area contributed by atoms with Gasteiger partial charge in [0.2, 0.25) is 0 Å². The summed E-state index contributed by atoms with van der Waals surface area (Å²) in [5, 5.41) is 14.7. The Morgan fingerprint density at radius 2 is 1.46 bits per heavy atom. The number of para-hydroxylation sites is 1. The van der Waals surface area contributed by atoms with E-state index >= 15 is 0 Å². The van der Waals surface area contributed by atoms with Gasteiger partial charge in [0.1, 0.15) is 0 Å². The van der Waals surface area contributed by atoms with E-state index in [9.17, 15) is 5.11 Å². The fourth-order valence-corrected chi connectivity index (χ4v) is 3.74. The van der Waals surface area contributed by atoms with Crippen LogP contribution in [0.1, 0.15) is 44.4 Å². The molecule has 0 spiro atoms. The minimum atomic E-state index is -0.980. The van der Waals surface area contributed by atoms with E-state index < -0.39 is 5.60 Å². The summed E-state index contributed by atoms with van der Waals surface area (Å²) in [6, 6.07) is 23.2. The average molecular weight is 370 g/mol. The molecule has 0 aliphatic carbocycles. The van der Waals surface area contributed by atoms with E-state index in [1.165, 1.54) is 16.3 Å². The zero-order valence-electron chi connectivity index (χ0n) is 17.0. The summed E-state index contributed by atoms with van der Waals surface area (Å²) in [6.07, 6.45) is 2.34. The third-order valence-corrected chi connectivity index (χ3v) is 5.53. The smallest absolute Gasteiger partial charge is 0.0923 e. The quantitative estimate of drug-likeness (QED) is 0.471. The van der Waals surface area contributed by atoms with E-state index in [1.54, 1.807) is 6.20 Å². The van der Waals surface area contributed by atoms with E-state index in [2.05, 4.69) is 62.2 Å². The molecule has 142 valence electrons. The van der Waals surface area contributed by atoms with Gasteiger partial charge in [0.15, 0.2) is 0 Å². The Morgan fingerprint density at radius 1 is 0.750 bits per heavy atom. The maximum Gasteiger partial charge on any atom is 0.0923 e. The molecule has 28 heavy (non-hydrogen) atoms. The number of aromatic nitrogens is 1. The van der Waals surface area contributed by atoms with Crippen LogP contribution in [0.5, 0.6) is 0 Å². The highest BCUT2D eigenvalue weighted by atomic mass is 16.3. The van der Waals surface area contributed by atoms with E-state index in [1.807, 2.05) is 37.3 Å². The number of hydrogen-bond acceptors (Lipinski definition) is 2. The molecule has 0 fully saturated rings. The van der Waals surface area contributed by atoms with Crippen LogP contribution in [0.15, 0.2) is 72.9 Å². The van der Waals surface area contributed by atoms with Gasteiger partial charge in [-0.05, 0) is 46.4 Å². The van der Waals surface area contributed by atoms with Gasteiger partial charge in [-0.15, -0.1) is 0 Å². The van der Waals surface area contributed by atoms with Crippen molar-refractivity contribution in [3.05, 3.63) is 89.6 Å². The van der Waals surface area contributed by atoms with Gasteiger partial charge in [-0.25, -0.2) is 0 Å². The number of nitrogens with zero attached hydrogens (tertiary/aromatic N) is 1. The molecular weight excluding hydrogens is 342 g/mol. The SMILES string of the molecule is CC(C)(C)c1ccc2ccc(CC(C)(O)c3cnc4ccccc4c3)cc2c1. The lowest BCUT2D eigenvalue weighted by Gasteiger charge is -2.24. The molecule has 4 rings (SSSR count). The van der Waals surface area contributed by atoms with Crippen LogP contribution in [0.3, 0.4) is 0 Å². The monoisotopic (exact) mass is 369 g/mol. The van der Waals surface area contributed by atoms with E-state index in [-0.39, 0.29) is 5.41 Å². The first-order chi connectivity index (χ1) is 13.2. The van der Waals surface area contributed by atoms with Crippen molar-refractivity contribution in [1.82, 2.24) is 4.98 Å². The summed E-state index contributed by atoms with van der Waals surface area (Å²) in [5.41, 5.74) is 3.37. The highest BCUT2D eigenvalue weighted by Crippen LogP contribution is 2.30. The minimum Gasteiger partial charge on any atom is -0.385 e. The topological polar surface area (TPSA) is 33.1 Å². The Hall–Kier alpha value is -2.71.